The molecule has 1 aromatic heterocycles. The van der Waals surface area contributed by atoms with Gasteiger partial charge in [-0.3, -0.25) is 9.69 Å². The number of imidazole rings is 1. The molecule has 0 aliphatic carbocycles. The predicted octanol–water partition coefficient (Wildman–Crippen LogP) is 2.72. The molecule has 1 aromatic carbocycles. The van der Waals surface area contributed by atoms with Crippen LogP contribution in [-0.4, -0.2) is 65.3 Å². The molecule has 9 heteroatoms. The van der Waals surface area contributed by atoms with Crippen molar-refractivity contribution >= 4 is 27.0 Å². The maximum atomic E-state index is 13.1. The highest BCUT2D eigenvalue weighted by Gasteiger charge is 2.27. The first-order valence-corrected chi connectivity index (χ1v) is 13.4. The number of benzene rings is 1. The molecule has 1 N–H and O–H groups in total. The van der Waals surface area contributed by atoms with Gasteiger partial charge in [0.05, 0.1) is 22.5 Å². The van der Waals surface area contributed by atoms with E-state index in [4.69, 9.17) is 4.98 Å². The van der Waals surface area contributed by atoms with E-state index in [0.717, 1.165) is 68.6 Å². The van der Waals surface area contributed by atoms with Gasteiger partial charge in [-0.15, -0.1) is 0 Å². The van der Waals surface area contributed by atoms with Crippen molar-refractivity contribution in [1.29, 1.82) is 0 Å². The Labute approximate surface area is 191 Å². The number of carbonyl (C=O) groups is 1. The fraction of sp³-hybridized carbons (Fsp3) is 0.652. The van der Waals surface area contributed by atoms with Crippen LogP contribution in [0, 0.1) is 0 Å². The molecule has 32 heavy (non-hydrogen) atoms. The van der Waals surface area contributed by atoms with Crippen LogP contribution in [-0.2, 0) is 27.9 Å². The Morgan fingerprint density at radius 2 is 1.91 bits per heavy atom. The van der Waals surface area contributed by atoms with Gasteiger partial charge in [-0.05, 0) is 57.4 Å². The molecule has 3 heterocycles. The van der Waals surface area contributed by atoms with Crippen molar-refractivity contribution in [3.63, 3.8) is 0 Å². The Hall–Kier alpha value is -1.97. The minimum absolute atomic E-state index is 0.0973. The first-order chi connectivity index (χ1) is 15.4. The van der Waals surface area contributed by atoms with Crippen molar-refractivity contribution in [1.82, 2.24) is 24.1 Å². The lowest BCUT2D eigenvalue weighted by Gasteiger charge is -2.32. The van der Waals surface area contributed by atoms with E-state index < -0.39 is 10.0 Å². The summed E-state index contributed by atoms with van der Waals surface area (Å²) in [6.07, 6.45) is 5.49. The summed E-state index contributed by atoms with van der Waals surface area (Å²) in [5, 5.41) is 3.12. The lowest BCUT2D eigenvalue weighted by atomic mass is 10.1. The molecule has 2 saturated heterocycles. The van der Waals surface area contributed by atoms with Gasteiger partial charge in [-0.2, -0.15) is 4.31 Å². The van der Waals surface area contributed by atoms with Gasteiger partial charge in [0.25, 0.3) is 0 Å². The monoisotopic (exact) mass is 461 g/mol. The summed E-state index contributed by atoms with van der Waals surface area (Å²) in [4.78, 5) is 19.3. The van der Waals surface area contributed by atoms with E-state index in [9.17, 15) is 13.2 Å². The quantitative estimate of drug-likeness (QED) is 0.685. The molecule has 0 spiro atoms. The third-order valence-corrected chi connectivity index (χ3v) is 8.52. The van der Waals surface area contributed by atoms with Crippen molar-refractivity contribution < 1.29 is 13.2 Å². The highest BCUT2D eigenvalue weighted by atomic mass is 32.2. The smallest absolute Gasteiger partial charge is 0.243 e. The van der Waals surface area contributed by atoms with Crippen LogP contribution in [0.1, 0.15) is 58.2 Å². The molecule has 1 unspecified atom stereocenters. The molecule has 2 aromatic rings. The average Bonchev–Trinajstić information content (AvgIpc) is 3.15. The van der Waals surface area contributed by atoms with Crippen LogP contribution in [0.2, 0.25) is 0 Å². The zero-order chi connectivity index (χ0) is 22.7. The van der Waals surface area contributed by atoms with Gasteiger partial charge in [-0.25, -0.2) is 13.4 Å². The fourth-order valence-corrected chi connectivity index (χ4v) is 6.43. The first-order valence-electron chi connectivity index (χ1n) is 11.9. The SMILES string of the molecule is CCC(=O)NC1CCCN(Cc2nc3cc(S(=O)(=O)N4CCCCC4)ccc3n2CC)C1. The lowest BCUT2D eigenvalue weighted by molar-refractivity contribution is -0.121. The molecular formula is C23H35N5O3S. The largest absolute Gasteiger partial charge is 0.352 e. The molecule has 0 radical (unpaired) electrons. The normalized spacial score (nSPS) is 21.1. The van der Waals surface area contributed by atoms with Crippen molar-refractivity contribution in [3.8, 4) is 0 Å². The third-order valence-electron chi connectivity index (χ3n) is 6.62. The van der Waals surface area contributed by atoms with E-state index >= 15 is 0 Å². The molecule has 2 aliphatic heterocycles. The molecular weight excluding hydrogens is 426 g/mol. The van der Waals surface area contributed by atoms with Crippen molar-refractivity contribution in [2.75, 3.05) is 26.2 Å². The Balaban J connectivity index is 1.55. The summed E-state index contributed by atoms with van der Waals surface area (Å²) in [5.41, 5.74) is 1.70. The standard InChI is InChI=1S/C23H35N5O3S/c1-3-23(29)24-18-9-8-12-26(16-18)17-22-25-20-15-19(10-11-21(20)28(22)4-2)32(30,31)27-13-6-5-7-14-27/h10-11,15,18H,3-9,12-14,16-17H2,1-2H3,(H,24,29). The van der Waals surface area contributed by atoms with Gasteiger partial charge in [0, 0.05) is 38.6 Å². The molecule has 0 bridgehead atoms. The Morgan fingerprint density at radius 1 is 1.12 bits per heavy atom. The minimum Gasteiger partial charge on any atom is -0.352 e. The second-order valence-corrected chi connectivity index (χ2v) is 10.8. The number of hydrogen-bond acceptors (Lipinski definition) is 5. The number of amides is 1. The molecule has 2 fully saturated rings. The van der Waals surface area contributed by atoms with E-state index in [0.29, 0.717) is 31.0 Å². The maximum Gasteiger partial charge on any atom is 0.243 e. The molecule has 176 valence electrons. The van der Waals surface area contributed by atoms with Crippen LogP contribution in [0.3, 0.4) is 0 Å². The van der Waals surface area contributed by atoms with Gasteiger partial charge in [-0.1, -0.05) is 13.3 Å². The summed E-state index contributed by atoms with van der Waals surface area (Å²) in [7, 11) is -3.48. The lowest BCUT2D eigenvalue weighted by Crippen LogP contribution is -2.47. The van der Waals surface area contributed by atoms with E-state index in [1.54, 1.807) is 16.4 Å². The highest BCUT2D eigenvalue weighted by Crippen LogP contribution is 2.26. The van der Waals surface area contributed by atoms with Gasteiger partial charge in [0.15, 0.2) is 0 Å². The van der Waals surface area contributed by atoms with E-state index in [2.05, 4.69) is 21.7 Å². The summed E-state index contributed by atoms with van der Waals surface area (Å²) in [6, 6.07) is 5.53. The van der Waals surface area contributed by atoms with Crippen LogP contribution in [0.25, 0.3) is 11.0 Å². The van der Waals surface area contributed by atoms with Gasteiger partial charge >= 0.3 is 0 Å². The van der Waals surface area contributed by atoms with Crippen LogP contribution in [0.4, 0.5) is 0 Å². The summed E-state index contributed by atoms with van der Waals surface area (Å²) < 4.78 is 30.0. The minimum atomic E-state index is -3.48. The highest BCUT2D eigenvalue weighted by molar-refractivity contribution is 7.89. The molecule has 4 rings (SSSR count). The second kappa shape index (κ2) is 9.89. The number of likely N-dealkylation sites (tertiary alicyclic amines) is 1. The number of nitrogens with zero attached hydrogens (tertiary/aromatic N) is 4. The van der Waals surface area contributed by atoms with Crippen LogP contribution in [0.5, 0.6) is 0 Å². The van der Waals surface area contributed by atoms with Gasteiger partial charge in [0.2, 0.25) is 15.9 Å². The van der Waals surface area contributed by atoms with E-state index in [1.165, 1.54) is 0 Å². The number of carbonyl (C=O) groups excluding carboxylic acids is 1. The Bertz CT molecular complexity index is 1060. The third kappa shape index (κ3) is 4.84. The number of hydrogen-bond donors (Lipinski definition) is 1. The Morgan fingerprint density at radius 3 is 2.62 bits per heavy atom. The number of nitrogens with one attached hydrogen (secondary N) is 1. The van der Waals surface area contributed by atoms with Crippen LogP contribution in [0.15, 0.2) is 23.1 Å². The van der Waals surface area contributed by atoms with Crippen molar-refractivity contribution in [3.05, 3.63) is 24.0 Å². The first kappa shape index (κ1) is 23.2. The average molecular weight is 462 g/mol. The topological polar surface area (TPSA) is 87.5 Å². The van der Waals surface area contributed by atoms with Gasteiger partial charge in [0.1, 0.15) is 5.82 Å². The Kier molecular flexibility index (Phi) is 7.17. The zero-order valence-corrected chi connectivity index (χ0v) is 20.0. The van der Waals surface area contributed by atoms with Crippen molar-refractivity contribution in [2.45, 2.75) is 76.4 Å². The van der Waals surface area contributed by atoms with Crippen LogP contribution < -0.4 is 5.32 Å². The van der Waals surface area contributed by atoms with Crippen LogP contribution >= 0.6 is 0 Å². The number of fused-ring (bicyclic) bond motifs is 1. The summed E-state index contributed by atoms with van der Waals surface area (Å²) in [6.45, 7) is 8.40. The molecule has 2 aliphatic rings. The summed E-state index contributed by atoms with van der Waals surface area (Å²) in [5.74, 6) is 1.04. The molecule has 0 saturated carbocycles. The summed E-state index contributed by atoms with van der Waals surface area (Å²) >= 11 is 0. The second-order valence-electron chi connectivity index (χ2n) is 8.88. The molecule has 1 atom stereocenters. The zero-order valence-electron chi connectivity index (χ0n) is 19.2. The van der Waals surface area contributed by atoms with Gasteiger partial charge < -0.3 is 9.88 Å². The number of piperidine rings is 2. The molecule has 8 nitrogen and oxygen atoms in total. The van der Waals surface area contributed by atoms with E-state index in [-0.39, 0.29) is 11.9 Å². The predicted molar refractivity (Wildman–Crippen MR) is 125 cm³/mol. The van der Waals surface area contributed by atoms with Crippen molar-refractivity contribution in [2.24, 2.45) is 0 Å². The molecule has 1 amide bonds. The van der Waals surface area contributed by atoms with E-state index in [1.807, 2.05) is 13.0 Å². The number of aryl methyl sites for hydroxylation is 1. The fourth-order valence-electron chi connectivity index (χ4n) is 4.89. The number of rotatable bonds is 7. The number of sulfonamides is 1. The maximum absolute atomic E-state index is 13.1. The number of aromatic nitrogens is 2.